The third kappa shape index (κ3) is 3.82. The lowest BCUT2D eigenvalue weighted by atomic mass is 10.2. The number of hydrogen-bond acceptors (Lipinski definition) is 6. The zero-order chi connectivity index (χ0) is 13.8. The van der Waals surface area contributed by atoms with Crippen LogP contribution in [0.2, 0.25) is 0 Å². The van der Waals surface area contributed by atoms with E-state index >= 15 is 0 Å². The summed E-state index contributed by atoms with van der Waals surface area (Å²) in [5, 5.41) is 11.0. The second-order valence-corrected chi connectivity index (χ2v) is 5.29. The number of hydrogen-bond donors (Lipinski definition) is 1. The highest BCUT2D eigenvalue weighted by atomic mass is 32.2. The van der Waals surface area contributed by atoms with Gasteiger partial charge in [0.05, 0.1) is 18.6 Å². The Balaban J connectivity index is 1.52. The first-order chi connectivity index (χ1) is 9.79. The molecule has 2 saturated heterocycles. The molecule has 0 radical (unpaired) electrons. The summed E-state index contributed by atoms with van der Waals surface area (Å²) in [6.07, 6.45) is 1.89. The maximum absolute atomic E-state index is 11.0. The predicted molar refractivity (Wildman–Crippen MR) is 77.3 cm³/mol. The fourth-order valence-corrected chi connectivity index (χ4v) is 2.16. The second kappa shape index (κ2) is 6.06. The van der Waals surface area contributed by atoms with Gasteiger partial charge < -0.3 is 14.8 Å². The molecule has 2 heterocycles. The molecule has 1 N–H and O–H groups in total. The molecule has 104 valence electrons. The highest BCUT2D eigenvalue weighted by Gasteiger charge is 2.22. The highest BCUT2D eigenvalue weighted by molar-refractivity contribution is 8.15. The molecule has 1 aromatic carbocycles. The van der Waals surface area contributed by atoms with Crippen LogP contribution in [0, 0.1) is 0 Å². The average molecular weight is 291 g/mol. The highest BCUT2D eigenvalue weighted by Crippen LogP contribution is 2.15. The molecular formula is C13H13N3O3S. The molecule has 2 aliphatic rings. The van der Waals surface area contributed by atoms with Gasteiger partial charge in [0, 0.05) is 0 Å². The Kier molecular flexibility index (Phi) is 3.98. The zero-order valence-corrected chi connectivity index (χ0v) is 11.4. The van der Waals surface area contributed by atoms with Crippen LogP contribution in [0.5, 0.6) is 5.75 Å². The lowest BCUT2D eigenvalue weighted by Crippen LogP contribution is -2.19. The number of rotatable bonds is 5. The topological polar surface area (TPSA) is 75.6 Å². The van der Waals surface area contributed by atoms with Crippen LogP contribution in [0.15, 0.2) is 34.5 Å². The van der Waals surface area contributed by atoms with Gasteiger partial charge in [0.2, 0.25) is 5.91 Å². The first-order valence-corrected chi connectivity index (χ1v) is 7.16. The summed E-state index contributed by atoms with van der Waals surface area (Å²) in [5.74, 6) is 1.18. The lowest BCUT2D eigenvalue weighted by Gasteiger charge is -2.03. The molecular weight excluding hydrogens is 278 g/mol. The first-order valence-electron chi connectivity index (χ1n) is 6.18. The van der Waals surface area contributed by atoms with Crippen LogP contribution in [0.1, 0.15) is 5.56 Å². The number of epoxide rings is 1. The van der Waals surface area contributed by atoms with E-state index in [4.69, 9.17) is 9.47 Å². The molecule has 1 atom stereocenters. The van der Waals surface area contributed by atoms with Gasteiger partial charge in [-0.05, 0) is 29.8 Å². The van der Waals surface area contributed by atoms with E-state index in [1.807, 2.05) is 24.3 Å². The lowest BCUT2D eigenvalue weighted by molar-refractivity contribution is -0.116. The summed E-state index contributed by atoms with van der Waals surface area (Å²) >= 11 is 1.35. The molecule has 20 heavy (non-hydrogen) atoms. The standard InChI is InChI=1S/C13H13N3O3S/c17-12-8-20-13(15-12)16-14-5-9-1-3-10(4-2-9)18-6-11-7-19-11/h1-5,11H,6-8H2,(H,15,16,17). The number of amidine groups is 1. The average Bonchev–Trinajstić information content (AvgIpc) is 3.20. The third-order valence-corrected chi connectivity index (χ3v) is 3.52. The summed E-state index contributed by atoms with van der Waals surface area (Å²) in [5.41, 5.74) is 0.915. The van der Waals surface area contributed by atoms with E-state index < -0.39 is 0 Å². The van der Waals surface area contributed by atoms with Crippen molar-refractivity contribution in [3.63, 3.8) is 0 Å². The van der Waals surface area contributed by atoms with Crippen molar-refractivity contribution in [1.29, 1.82) is 0 Å². The van der Waals surface area contributed by atoms with Crippen molar-refractivity contribution in [3.8, 4) is 5.75 Å². The Morgan fingerprint density at radius 1 is 1.45 bits per heavy atom. The normalized spacial score (nSPS) is 23.3. The van der Waals surface area contributed by atoms with Crippen molar-refractivity contribution >= 4 is 29.1 Å². The van der Waals surface area contributed by atoms with E-state index in [1.54, 1.807) is 6.21 Å². The van der Waals surface area contributed by atoms with Gasteiger partial charge in [-0.25, -0.2) is 0 Å². The molecule has 1 unspecified atom stereocenters. The van der Waals surface area contributed by atoms with Crippen molar-refractivity contribution in [2.75, 3.05) is 19.0 Å². The minimum absolute atomic E-state index is 0.0370. The van der Waals surface area contributed by atoms with E-state index in [1.165, 1.54) is 11.8 Å². The van der Waals surface area contributed by atoms with Crippen LogP contribution in [-0.4, -0.2) is 42.4 Å². The quantitative estimate of drug-likeness (QED) is 0.499. The summed E-state index contributed by atoms with van der Waals surface area (Å²) in [6, 6.07) is 7.55. The molecule has 2 aliphatic heterocycles. The van der Waals surface area contributed by atoms with Crippen LogP contribution >= 0.6 is 11.8 Å². The van der Waals surface area contributed by atoms with E-state index in [0.29, 0.717) is 17.5 Å². The second-order valence-electron chi connectivity index (χ2n) is 4.32. The van der Waals surface area contributed by atoms with Gasteiger partial charge in [-0.3, -0.25) is 4.79 Å². The first kappa shape index (κ1) is 13.1. The van der Waals surface area contributed by atoms with E-state index in [-0.39, 0.29) is 12.0 Å². The van der Waals surface area contributed by atoms with Crippen LogP contribution in [-0.2, 0) is 9.53 Å². The van der Waals surface area contributed by atoms with Crippen LogP contribution in [0.4, 0.5) is 0 Å². The molecule has 1 amide bonds. The third-order valence-electron chi connectivity index (χ3n) is 2.66. The molecule has 6 nitrogen and oxygen atoms in total. The summed E-state index contributed by atoms with van der Waals surface area (Å²) in [6.45, 7) is 1.39. The predicted octanol–water partition coefficient (Wildman–Crippen LogP) is 1.02. The number of thioether (sulfide) groups is 1. The SMILES string of the molecule is O=C1CSC(=NN=Cc2ccc(OCC3CO3)cc2)N1. The number of nitrogens with zero attached hydrogens (tertiary/aromatic N) is 2. The molecule has 1 aromatic rings. The minimum Gasteiger partial charge on any atom is -0.491 e. The van der Waals surface area contributed by atoms with Gasteiger partial charge in [0.25, 0.3) is 0 Å². The molecule has 0 aliphatic carbocycles. The van der Waals surface area contributed by atoms with Gasteiger partial charge in [-0.1, -0.05) is 11.8 Å². The number of carbonyl (C=O) groups excluding carboxylic acids is 1. The van der Waals surface area contributed by atoms with Crippen molar-refractivity contribution in [1.82, 2.24) is 5.32 Å². The number of amides is 1. The number of benzene rings is 1. The Morgan fingerprint density at radius 2 is 2.25 bits per heavy atom. The summed E-state index contributed by atoms with van der Waals surface area (Å²) in [4.78, 5) is 11.0. The van der Waals surface area contributed by atoms with Crippen LogP contribution < -0.4 is 10.1 Å². The Labute approximate surface area is 120 Å². The van der Waals surface area contributed by atoms with E-state index in [0.717, 1.165) is 17.9 Å². The van der Waals surface area contributed by atoms with Crippen LogP contribution in [0.3, 0.4) is 0 Å². The van der Waals surface area contributed by atoms with Crippen molar-refractivity contribution in [2.24, 2.45) is 10.2 Å². The smallest absolute Gasteiger partial charge is 0.236 e. The summed E-state index contributed by atoms with van der Waals surface area (Å²) < 4.78 is 10.6. The molecule has 0 aromatic heterocycles. The summed E-state index contributed by atoms with van der Waals surface area (Å²) in [7, 11) is 0. The van der Waals surface area contributed by atoms with Crippen molar-refractivity contribution in [3.05, 3.63) is 29.8 Å². The largest absolute Gasteiger partial charge is 0.491 e. The zero-order valence-electron chi connectivity index (χ0n) is 10.6. The van der Waals surface area contributed by atoms with Gasteiger partial charge in [0.1, 0.15) is 18.5 Å². The molecule has 0 saturated carbocycles. The minimum atomic E-state index is -0.0370. The molecule has 7 heteroatoms. The van der Waals surface area contributed by atoms with E-state index in [9.17, 15) is 4.79 Å². The fourth-order valence-electron chi connectivity index (χ4n) is 1.53. The Hall–Kier alpha value is -1.86. The monoisotopic (exact) mass is 291 g/mol. The van der Waals surface area contributed by atoms with Gasteiger partial charge in [-0.15, -0.1) is 5.10 Å². The Bertz CT molecular complexity index is 552. The maximum Gasteiger partial charge on any atom is 0.236 e. The number of carbonyl (C=O) groups is 1. The Morgan fingerprint density at radius 3 is 2.90 bits per heavy atom. The van der Waals surface area contributed by atoms with Crippen molar-refractivity contribution < 1.29 is 14.3 Å². The molecule has 0 bridgehead atoms. The molecule has 0 spiro atoms. The van der Waals surface area contributed by atoms with Gasteiger partial charge in [-0.2, -0.15) is 5.10 Å². The molecule has 3 rings (SSSR count). The van der Waals surface area contributed by atoms with E-state index in [2.05, 4.69) is 15.5 Å². The van der Waals surface area contributed by atoms with Crippen molar-refractivity contribution in [2.45, 2.75) is 6.10 Å². The van der Waals surface area contributed by atoms with Gasteiger partial charge >= 0.3 is 0 Å². The number of ether oxygens (including phenoxy) is 2. The number of nitrogens with one attached hydrogen (secondary N) is 1. The fraction of sp³-hybridized carbons (Fsp3) is 0.308. The maximum atomic E-state index is 11.0. The van der Waals surface area contributed by atoms with Crippen LogP contribution in [0.25, 0.3) is 0 Å². The molecule has 2 fully saturated rings. The van der Waals surface area contributed by atoms with Gasteiger partial charge in [0.15, 0.2) is 5.17 Å².